The highest BCUT2D eigenvalue weighted by atomic mass is 35.5. The molecule has 0 saturated heterocycles. The SMILES string of the molecule is Cc1nc(C(=O)NC(Cc2ccccc2)(c2cc(F)cc(OC(F)(F)C(F)F)c2)c2ccc(Cl)cn2)c(C(F)(F)F)o1. The first-order chi connectivity index (χ1) is 19.6. The molecular formula is C27H18ClF8N3O3. The van der Waals surface area contributed by atoms with Gasteiger partial charge in [-0.1, -0.05) is 41.9 Å². The molecule has 0 saturated carbocycles. The average Bonchev–Trinajstić information content (AvgIpc) is 3.31. The molecule has 0 fully saturated rings. The van der Waals surface area contributed by atoms with Gasteiger partial charge in [0.15, 0.2) is 11.6 Å². The van der Waals surface area contributed by atoms with Gasteiger partial charge in [0.1, 0.15) is 17.1 Å². The zero-order valence-electron chi connectivity index (χ0n) is 21.2. The number of hydrogen-bond acceptors (Lipinski definition) is 5. The molecule has 2 aromatic heterocycles. The van der Waals surface area contributed by atoms with E-state index >= 15 is 0 Å². The minimum absolute atomic E-state index is 0.102. The highest BCUT2D eigenvalue weighted by molar-refractivity contribution is 6.30. The molecule has 42 heavy (non-hydrogen) atoms. The Bertz CT molecular complexity index is 1560. The second-order valence-electron chi connectivity index (χ2n) is 8.93. The maximum atomic E-state index is 14.9. The summed E-state index contributed by atoms with van der Waals surface area (Å²) in [5.74, 6) is -6.02. The van der Waals surface area contributed by atoms with Crippen LogP contribution >= 0.6 is 11.6 Å². The lowest BCUT2D eigenvalue weighted by molar-refractivity contribution is -0.253. The minimum atomic E-state index is -5.14. The van der Waals surface area contributed by atoms with Gasteiger partial charge < -0.3 is 14.5 Å². The van der Waals surface area contributed by atoms with E-state index in [1.807, 2.05) is 0 Å². The number of halogens is 9. The van der Waals surface area contributed by atoms with Gasteiger partial charge in [0.2, 0.25) is 5.76 Å². The molecule has 0 aliphatic heterocycles. The number of amides is 1. The van der Waals surface area contributed by atoms with Crippen LogP contribution in [-0.4, -0.2) is 28.4 Å². The number of ether oxygens (including phenoxy) is 1. The lowest BCUT2D eigenvalue weighted by Gasteiger charge is -2.35. The molecule has 15 heteroatoms. The number of nitrogens with one attached hydrogen (secondary N) is 1. The van der Waals surface area contributed by atoms with Gasteiger partial charge in [0.25, 0.3) is 5.91 Å². The molecule has 222 valence electrons. The number of alkyl halides is 7. The summed E-state index contributed by atoms with van der Waals surface area (Å²) in [4.78, 5) is 21.2. The van der Waals surface area contributed by atoms with Crippen molar-refractivity contribution in [3.63, 3.8) is 0 Å². The van der Waals surface area contributed by atoms with Crippen LogP contribution in [0.15, 0.2) is 71.3 Å². The van der Waals surface area contributed by atoms with Gasteiger partial charge in [0, 0.05) is 25.6 Å². The monoisotopic (exact) mass is 619 g/mol. The molecule has 1 N–H and O–H groups in total. The van der Waals surface area contributed by atoms with Crippen molar-refractivity contribution in [2.45, 2.75) is 37.6 Å². The minimum Gasteiger partial charge on any atom is -0.436 e. The molecule has 0 radical (unpaired) electrons. The van der Waals surface area contributed by atoms with Gasteiger partial charge in [-0.25, -0.2) is 9.37 Å². The van der Waals surface area contributed by atoms with Crippen molar-refractivity contribution in [3.05, 3.63) is 112 Å². The van der Waals surface area contributed by atoms with Crippen molar-refractivity contribution in [2.75, 3.05) is 0 Å². The first-order valence-corrected chi connectivity index (χ1v) is 12.2. The van der Waals surface area contributed by atoms with Gasteiger partial charge in [-0.2, -0.15) is 30.7 Å². The number of aromatic nitrogens is 2. The Hall–Kier alpha value is -4.20. The number of oxazole rings is 1. The molecule has 0 aliphatic carbocycles. The number of carbonyl (C=O) groups excluding carboxylic acids is 1. The third-order valence-electron chi connectivity index (χ3n) is 5.88. The van der Waals surface area contributed by atoms with Crippen LogP contribution in [-0.2, 0) is 18.1 Å². The first-order valence-electron chi connectivity index (χ1n) is 11.8. The lowest BCUT2D eigenvalue weighted by Crippen LogP contribution is -2.49. The van der Waals surface area contributed by atoms with Crippen molar-refractivity contribution in [1.29, 1.82) is 0 Å². The molecule has 0 spiro atoms. The fourth-order valence-corrected chi connectivity index (χ4v) is 4.26. The van der Waals surface area contributed by atoms with Gasteiger partial charge in [-0.3, -0.25) is 9.78 Å². The quantitative estimate of drug-likeness (QED) is 0.198. The Morgan fingerprint density at radius 2 is 1.74 bits per heavy atom. The third kappa shape index (κ3) is 6.64. The topological polar surface area (TPSA) is 77.2 Å². The number of nitrogens with zero attached hydrogens (tertiary/aromatic N) is 2. The van der Waals surface area contributed by atoms with E-state index in [-0.39, 0.29) is 17.1 Å². The molecule has 4 rings (SSSR count). The molecule has 1 amide bonds. The standard InChI is InChI=1S/C27H18ClF8N3O3/c1-14-38-21(22(41-14)26(32,33)34)23(40)39-25(12-15-5-3-2-4-6-15,20-8-7-17(28)13-37-20)16-9-18(29)11-19(10-16)42-27(35,36)24(30)31/h2-11,13,24H,12H2,1H3,(H,39,40). The number of rotatable bonds is 9. The summed E-state index contributed by atoms with van der Waals surface area (Å²) in [6, 6.07) is 12.4. The molecule has 2 aromatic carbocycles. The number of carbonyl (C=O) groups is 1. The second-order valence-corrected chi connectivity index (χ2v) is 9.37. The average molecular weight is 620 g/mol. The van der Waals surface area contributed by atoms with Gasteiger partial charge >= 0.3 is 18.7 Å². The van der Waals surface area contributed by atoms with Crippen molar-refractivity contribution in [1.82, 2.24) is 15.3 Å². The largest absolute Gasteiger partial charge is 0.461 e. The summed E-state index contributed by atoms with van der Waals surface area (Å²) in [5, 5.41) is 2.49. The van der Waals surface area contributed by atoms with E-state index in [2.05, 4.69) is 24.4 Å². The number of hydrogen-bond donors (Lipinski definition) is 1. The van der Waals surface area contributed by atoms with Crippen LogP contribution in [0.2, 0.25) is 5.02 Å². The normalized spacial score (nSPS) is 13.6. The second kappa shape index (κ2) is 11.6. The zero-order chi connectivity index (χ0) is 30.9. The Kier molecular flexibility index (Phi) is 8.48. The fraction of sp³-hybridized carbons (Fsp3) is 0.222. The maximum Gasteiger partial charge on any atom is 0.461 e. The Morgan fingerprint density at radius 1 is 1.05 bits per heavy atom. The van der Waals surface area contributed by atoms with Gasteiger partial charge in [-0.15, -0.1) is 0 Å². The molecular weight excluding hydrogens is 602 g/mol. The van der Waals surface area contributed by atoms with Crippen LogP contribution in [0.4, 0.5) is 35.1 Å². The van der Waals surface area contributed by atoms with Crippen LogP contribution in [0.3, 0.4) is 0 Å². The van der Waals surface area contributed by atoms with Gasteiger partial charge in [-0.05, 0) is 35.4 Å². The van der Waals surface area contributed by atoms with Crippen LogP contribution in [0.5, 0.6) is 5.75 Å². The summed E-state index contributed by atoms with van der Waals surface area (Å²) in [7, 11) is 0. The fourth-order valence-electron chi connectivity index (χ4n) is 4.15. The van der Waals surface area contributed by atoms with Crippen molar-refractivity contribution >= 4 is 17.5 Å². The first kappa shape index (κ1) is 30.8. The van der Waals surface area contributed by atoms with Crippen LogP contribution in [0.25, 0.3) is 0 Å². The van der Waals surface area contributed by atoms with E-state index in [9.17, 15) is 39.9 Å². The Morgan fingerprint density at radius 3 is 2.33 bits per heavy atom. The lowest BCUT2D eigenvalue weighted by atomic mass is 9.80. The Balaban J connectivity index is 1.97. The summed E-state index contributed by atoms with van der Waals surface area (Å²) in [6.07, 6.45) is -13.7. The predicted molar refractivity (Wildman–Crippen MR) is 132 cm³/mol. The van der Waals surface area contributed by atoms with Crippen LogP contribution in [0, 0.1) is 12.7 Å². The molecule has 1 unspecified atom stereocenters. The summed E-state index contributed by atoms with van der Waals surface area (Å²) < 4.78 is 118. The van der Waals surface area contributed by atoms with E-state index in [4.69, 9.17) is 11.6 Å². The Labute approximate surface area is 237 Å². The highest BCUT2D eigenvalue weighted by Crippen LogP contribution is 2.39. The molecule has 0 bridgehead atoms. The zero-order valence-corrected chi connectivity index (χ0v) is 21.9. The number of aryl methyl sites for hydroxylation is 1. The summed E-state index contributed by atoms with van der Waals surface area (Å²) in [6.45, 7) is 1.07. The number of benzene rings is 2. The third-order valence-corrected chi connectivity index (χ3v) is 6.11. The van der Waals surface area contributed by atoms with Crippen molar-refractivity contribution in [2.24, 2.45) is 0 Å². The van der Waals surface area contributed by atoms with E-state index in [1.54, 1.807) is 30.3 Å². The molecule has 0 aliphatic rings. The predicted octanol–water partition coefficient (Wildman–Crippen LogP) is 7.34. The molecule has 2 heterocycles. The van der Waals surface area contributed by atoms with Gasteiger partial charge in [0.05, 0.1) is 10.7 Å². The molecule has 1 atom stereocenters. The van der Waals surface area contributed by atoms with Crippen LogP contribution < -0.4 is 10.1 Å². The smallest absolute Gasteiger partial charge is 0.436 e. The summed E-state index contributed by atoms with van der Waals surface area (Å²) >= 11 is 5.96. The summed E-state index contributed by atoms with van der Waals surface area (Å²) in [5.41, 5.74) is -3.45. The molecule has 6 nitrogen and oxygen atoms in total. The van der Waals surface area contributed by atoms with Crippen LogP contribution in [0.1, 0.15) is 39.0 Å². The maximum absolute atomic E-state index is 14.9. The van der Waals surface area contributed by atoms with Crippen molar-refractivity contribution < 1.29 is 49.1 Å². The number of pyridine rings is 1. The van der Waals surface area contributed by atoms with Crippen molar-refractivity contribution in [3.8, 4) is 5.75 Å². The van der Waals surface area contributed by atoms with E-state index < -0.39 is 64.6 Å². The molecule has 4 aromatic rings. The van der Waals surface area contributed by atoms with E-state index in [0.717, 1.165) is 25.3 Å². The van der Waals surface area contributed by atoms with E-state index in [1.165, 1.54) is 12.1 Å². The van der Waals surface area contributed by atoms with E-state index in [0.29, 0.717) is 11.6 Å². The highest BCUT2D eigenvalue weighted by Gasteiger charge is 2.46.